The molecule has 1 saturated heterocycles. The van der Waals surface area contributed by atoms with E-state index >= 15 is 0 Å². The molecule has 0 atom stereocenters. The summed E-state index contributed by atoms with van der Waals surface area (Å²) in [6.07, 6.45) is 7.61. The Hall–Kier alpha value is -1.93. The van der Waals surface area contributed by atoms with Crippen LogP contribution in [0.3, 0.4) is 0 Å². The van der Waals surface area contributed by atoms with Crippen LogP contribution in [0.2, 0.25) is 18.1 Å². The number of aromatic nitrogens is 1. The first-order chi connectivity index (χ1) is 12.6. The van der Waals surface area contributed by atoms with Gasteiger partial charge in [-0.1, -0.05) is 65.8 Å². The molecule has 0 N–H and O–H groups in total. The van der Waals surface area contributed by atoms with Crippen molar-refractivity contribution in [1.29, 1.82) is 0 Å². The van der Waals surface area contributed by atoms with Gasteiger partial charge in [-0.05, 0) is 55.5 Å². The molecule has 3 heterocycles. The molecule has 0 radical (unpaired) electrons. The van der Waals surface area contributed by atoms with Crippen molar-refractivity contribution in [1.82, 2.24) is 4.98 Å². The molecular weight excluding hydrogens is 330 g/mol. The highest BCUT2D eigenvalue weighted by Gasteiger charge is 2.41. The minimum Gasteiger partial charge on any atom is -0.256 e. The number of nitrogens with zero attached hydrogens (tertiary/aromatic N) is 1. The highest BCUT2D eigenvalue weighted by atomic mass is 28.3. The van der Waals surface area contributed by atoms with Crippen LogP contribution in [0, 0.1) is 13.8 Å². The van der Waals surface area contributed by atoms with Crippen LogP contribution in [0.1, 0.15) is 36.0 Å². The predicted octanol–water partition coefficient (Wildman–Crippen LogP) is 5.91. The molecule has 0 unspecified atom stereocenters. The van der Waals surface area contributed by atoms with Crippen molar-refractivity contribution in [3.8, 4) is 11.3 Å². The van der Waals surface area contributed by atoms with Gasteiger partial charge in [0, 0.05) is 17.1 Å². The van der Waals surface area contributed by atoms with Gasteiger partial charge in [0.15, 0.2) is 0 Å². The Labute approximate surface area is 157 Å². The number of pyridine rings is 1. The van der Waals surface area contributed by atoms with Crippen molar-refractivity contribution in [3.63, 3.8) is 0 Å². The second kappa shape index (κ2) is 6.06. The molecule has 1 fully saturated rings. The van der Waals surface area contributed by atoms with Gasteiger partial charge >= 0.3 is 0 Å². The molecule has 0 saturated carbocycles. The molecule has 2 aliphatic rings. The summed E-state index contributed by atoms with van der Waals surface area (Å²) < 4.78 is 0. The van der Waals surface area contributed by atoms with Gasteiger partial charge in [-0.15, -0.1) is 0 Å². The highest BCUT2D eigenvalue weighted by Crippen LogP contribution is 2.39. The number of hydrogen-bond acceptors (Lipinski definition) is 1. The van der Waals surface area contributed by atoms with E-state index in [1.807, 2.05) is 6.20 Å². The molecule has 5 rings (SSSR count). The number of rotatable bonds is 1. The molecule has 26 heavy (non-hydrogen) atoms. The van der Waals surface area contributed by atoms with E-state index in [-0.39, 0.29) is 0 Å². The zero-order valence-electron chi connectivity index (χ0n) is 15.9. The Morgan fingerprint density at radius 2 is 1.58 bits per heavy atom. The van der Waals surface area contributed by atoms with Crippen LogP contribution in [0.15, 0.2) is 42.6 Å². The fourth-order valence-corrected chi connectivity index (χ4v) is 11.2. The fourth-order valence-electron chi connectivity index (χ4n) is 5.63. The van der Waals surface area contributed by atoms with Gasteiger partial charge in [-0.2, -0.15) is 0 Å². The van der Waals surface area contributed by atoms with E-state index in [2.05, 4.69) is 50.2 Å². The predicted molar refractivity (Wildman–Crippen MR) is 114 cm³/mol. The normalized spacial score (nSPS) is 18.4. The lowest BCUT2D eigenvalue weighted by Gasteiger charge is -2.34. The van der Waals surface area contributed by atoms with Crippen LogP contribution in [-0.4, -0.2) is 13.1 Å². The molecule has 3 aromatic rings. The molecule has 2 aromatic carbocycles. The Balaban J connectivity index is 1.73. The third-order valence-electron chi connectivity index (χ3n) is 6.72. The zero-order chi connectivity index (χ0) is 17.7. The number of fused-ring (bicyclic) bond motifs is 3. The average Bonchev–Trinajstić information content (AvgIpc) is 3.08. The number of hydrogen-bond donors (Lipinski definition) is 0. The first-order valence-electron chi connectivity index (χ1n) is 10.2. The van der Waals surface area contributed by atoms with E-state index < -0.39 is 8.07 Å². The van der Waals surface area contributed by atoms with Gasteiger partial charge in [0.2, 0.25) is 0 Å². The van der Waals surface area contributed by atoms with Crippen LogP contribution in [0.4, 0.5) is 0 Å². The lowest BCUT2D eigenvalue weighted by Crippen LogP contribution is -2.49. The van der Waals surface area contributed by atoms with E-state index in [1.54, 1.807) is 10.8 Å². The molecule has 0 aliphatic carbocycles. The molecule has 1 nitrogen and oxygen atoms in total. The van der Waals surface area contributed by atoms with Gasteiger partial charge in [-0.25, -0.2) is 0 Å². The molecule has 2 aliphatic heterocycles. The molecule has 1 spiro atoms. The summed E-state index contributed by atoms with van der Waals surface area (Å²) in [5, 5.41) is 4.54. The second-order valence-electron chi connectivity index (χ2n) is 8.61. The summed E-state index contributed by atoms with van der Waals surface area (Å²) in [5.41, 5.74) is 6.69. The standard InChI is InChI=1S/C24H27NSi/c1-17-12-18(2)14-21(13-17)24-22-15-20-6-5-11-26(9-3-4-10-26)23(20)16-19(22)7-8-25-24/h7-8,12-16H,3-6,9-11H2,1-2H3. The van der Waals surface area contributed by atoms with E-state index in [4.69, 9.17) is 4.98 Å². The third-order valence-corrected chi connectivity index (χ3v) is 12.3. The van der Waals surface area contributed by atoms with Crippen molar-refractivity contribution < 1.29 is 0 Å². The summed E-state index contributed by atoms with van der Waals surface area (Å²) in [6, 6.07) is 18.7. The maximum atomic E-state index is 4.81. The molecule has 1 aromatic heterocycles. The van der Waals surface area contributed by atoms with Gasteiger partial charge < -0.3 is 0 Å². The fraction of sp³-hybridized carbons (Fsp3) is 0.375. The van der Waals surface area contributed by atoms with Crippen LogP contribution < -0.4 is 5.19 Å². The van der Waals surface area contributed by atoms with E-state index in [1.165, 1.54) is 71.3 Å². The molecule has 0 amide bonds. The summed E-state index contributed by atoms with van der Waals surface area (Å²) >= 11 is 0. The van der Waals surface area contributed by atoms with Crippen molar-refractivity contribution in [2.75, 3.05) is 0 Å². The molecule has 2 heteroatoms. The average molecular weight is 358 g/mol. The summed E-state index contributed by atoms with van der Waals surface area (Å²) in [7, 11) is -1.19. The highest BCUT2D eigenvalue weighted by molar-refractivity contribution is 6.93. The van der Waals surface area contributed by atoms with Gasteiger partial charge in [0.25, 0.3) is 0 Å². The van der Waals surface area contributed by atoms with E-state index in [9.17, 15) is 0 Å². The van der Waals surface area contributed by atoms with Crippen LogP contribution in [0.25, 0.3) is 22.0 Å². The Kier molecular flexibility index (Phi) is 3.79. The number of aryl methyl sites for hydroxylation is 3. The summed E-state index contributed by atoms with van der Waals surface area (Å²) in [6.45, 7) is 4.36. The maximum Gasteiger partial charge on any atom is 0.0871 e. The van der Waals surface area contributed by atoms with Crippen molar-refractivity contribution >= 4 is 24.0 Å². The van der Waals surface area contributed by atoms with Crippen LogP contribution >= 0.6 is 0 Å². The largest absolute Gasteiger partial charge is 0.256 e. The maximum absolute atomic E-state index is 4.81. The third kappa shape index (κ3) is 2.54. The minimum absolute atomic E-state index is 1.16. The van der Waals surface area contributed by atoms with Crippen molar-refractivity contribution in [3.05, 3.63) is 59.3 Å². The van der Waals surface area contributed by atoms with E-state index in [0.29, 0.717) is 0 Å². The van der Waals surface area contributed by atoms with E-state index in [0.717, 1.165) is 5.69 Å². The summed E-state index contributed by atoms with van der Waals surface area (Å²) in [4.78, 5) is 4.81. The molecule has 132 valence electrons. The van der Waals surface area contributed by atoms with Crippen LogP contribution in [0.5, 0.6) is 0 Å². The first-order valence-corrected chi connectivity index (χ1v) is 12.8. The number of benzene rings is 2. The lowest BCUT2D eigenvalue weighted by molar-refractivity contribution is 0.883. The quantitative estimate of drug-likeness (QED) is 0.493. The van der Waals surface area contributed by atoms with Crippen molar-refractivity contribution in [2.45, 2.75) is 57.7 Å². The zero-order valence-corrected chi connectivity index (χ0v) is 16.9. The first kappa shape index (κ1) is 16.3. The monoisotopic (exact) mass is 357 g/mol. The topological polar surface area (TPSA) is 12.9 Å². The molecular formula is C24H27NSi. The van der Waals surface area contributed by atoms with Gasteiger partial charge in [-0.3, -0.25) is 4.98 Å². The van der Waals surface area contributed by atoms with Gasteiger partial charge in [0.1, 0.15) is 0 Å². The lowest BCUT2D eigenvalue weighted by atomic mass is 9.98. The smallest absolute Gasteiger partial charge is 0.0871 e. The van der Waals surface area contributed by atoms with Crippen molar-refractivity contribution in [2.24, 2.45) is 0 Å². The van der Waals surface area contributed by atoms with Gasteiger partial charge in [0.05, 0.1) is 13.8 Å². The molecule has 0 bridgehead atoms. The Morgan fingerprint density at radius 3 is 2.35 bits per heavy atom. The summed E-state index contributed by atoms with van der Waals surface area (Å²) in [5.74, 6) is 0. The Morgan fingerprint density at radius 1 is 0.846 bits per heavy atom. The second-order valence-corrected chi connectivity index (χ2v) is 13.2. The SMILES string of the molecule is Cc1cc(C)cc(-c2nccc3cc4c(cc23)CCC[Si]42CCCC2)c1. The Bertz CT molecular complexity index is 978. The van der Waals surface area contributed by atoms with Crippen LogP contribution in [-0.2, 0) is 6.42 Å². The minimum atomic E-state index is -1.19.